The van der Waals surface area contributed by atoms with Crippen molar-refractivity contribution in [3.05, 3.63) is 42.2 Å². The molecule has 1 heterocycles. The SMILES string of the molecule is Oc1ccc(-c2nccc(CNC3CC3)n2)cc1. The summed E-state index contributed by atoms with van der Waals surface area (Å²) in [5.74, 6) is 0.954. The van der Waals surface area contributed by atoms with Crippen LogP contribution in [0.5, 0.6) is 5.75 Å². The second kappa shape index (κ2) is 4.74. The topological polar surface area (TPSA) is 58.0 Å². The molecule has 1 aliphatic carbocycles. The van der Waals surface area contributed by atoms with Gasteiger partial charge in [-0.15, -0.1) is 0 Å². The van der Waals surface area contributed by atoms with Gasteiger partial charge in [-0.2, -0.15) is 0 Å². The van der Waals surface area contributed by atoms with Gasteiger partial charge in [-0.05, 0) is 43.2 Å². The third kappa shape index (κ3) is 2.65. The Morgan fingerprint density at radius 2 is 1.94 bits per heavy atom. The Hall–Kier alpha value is -1.94. The fourth-order valence-corrected chi connectivity index (χ4v) is 1.78. The number of aromatic nitrogens is 2. The fourth-order valence-electron chi connectivity index (χ4n) is 1.78. The Labute approximate surface area is 106 Å². The van der Waals surface area contributed by atoms with E-state index in [1.807, 2.05) is 18.2 Å². The van der Waals surface area contributed by atoms with Crippen LogP contribution in [0.15, 0.2) is 36.5 Å². The van der Waals surface area contributed by atoms with Gasteiger partial charge in [0.2, 0.25) is 0 Å². The summed E-state index contributed by atoms with van der Waals surface area (Å²) in [5, 5.41) is 12.7. The van der Waals surface area contributed by atoms with E-state index < -0.39 is 0 Å². The molecule has 3 rings (SSSR count). The average Bonchev–Trinajstić information content (AvgIpc) is 3.22. The predicted octanol–water partition coefficient (Wildman–Crippen LogP) is 2.10. The Bertz CT molecular complexity index is 535. The van der Waals surface area contributed by atoms with Gasteiger partial charge in [-0.25, -0.2) is 9.97 Å². The molecule has 0 atom stereocenters. The lowest BCUT2D eigenvalue weighted by Gasteiger charge is -2.05. The van der Waals surface area contributed by atoms with Crippen molar-refractivity contribution >= 4 is 0 Å². The first-order valence-corrected chi connectivity index (χ1v) is 6.16. The number of nitrogens with one attached hydrogen (secondary N) is 1. The van der Waals surface area contributed by atoms with Crippen LogP contribution in [0.1, 0.15) is 18.5 Å². The second-order valence-corrected chi connectivity index (χ2v) is 4.57. The van der Waals surface area contributed by atoms with E-state index >= 15 is 0 Å². The summed E-state index contributed by atoms with van der Waals surface area (Å²) < 4.78 is 0. The lowest BCUT2D eigenvalue weighted by molar-refractivity contribution is 0.475. The molecule has 0 amide bonds. The summed E-state index contributed by atoms with van der Waals surface area (Å²) >= 11 is 0. The van der Waals surface area contributed by atoms with Crippen LogP contribution >= 0.6 is 0 Å². The van der Waals surface area contributed by atoms with Gasteiger partial charge in [0.1, 0.15) is 5.75 Å². The highest BCUT2D eigenvalue weighted by Gasteiger charge is 2.20. The van der Waals surface area contributed by atoms with Crippen LogP contribution < -0.4 is 5.32 Å². The van der Waals surface area contributed by atoms with Crippen LogP contribution in [-0.4, -0.2) is 21.1 Å². The van der Waals surface area contributed by atoms with E-state index in [9.17, 15) is 5.11 Å². The maximum Gasteiger partial charge on any atom is 0.159 e. The van der Waals surface area contributed by atoms with E-state index in [1.54, 1.807) is 18.3 Å². The Morgan fingerprint density at radius 3 is 2.67 bits per heavy atom. The maximum atomic E-state index is 9.26. The van der Waals surface area contributed by atoms with Crippen LogP contribution in [0.25, 0.3) is 11.4 Å². The number of benzene rings is 1. The van der Waals surface area contributed by atoms with E-state index in [1.165, 1.54) is 12.8 Å². The smallest absolute Gasteiger partial charge is 0.159 e. The summed E-state index contributed by atoms with van der Waals surface area (Å²) in [5.41, 5.74) is 1.92. The first kappa shape index (κ1) is 11.2. The van der Waals surface area contributed by atoms with Gasteiger partial charge >= 0.3 is 0 Å². The molecule has 0 unspecified atom stereocenters. The molecule has 1 fully saturated rings. The molecule has 0 spiro atoms. The zero-order chi connectivity index (χ0) is 12.4. The first-order chi connectivity index (χ1) is 8.81. The Morgan fingerprint density at radius 1 is 1.17 bits per heavy atom. The molecule has 92 valence electrons. The van der Waals surface area contributed by atoms with Crippen molar-refractivity contribution in [2.75, 3.05) is 0 Å². The van der Waals surface area contributed by atoms with Gasteiger partial charge < -0.3 is 10.4 Å². The Kier molecular flexibility index (Phi) is 2.94. The van der Waals surface area contributed by atoms with Crippen LogP contribution in [-0.2, 0) is 6.54 Å². The molecule has 0 saturated heterocycles. The Balaban J connectivity index is 1.78. The van der Waals surface area contributed by atoms with Gasteiger partial charge in [0, 0.05) is 24.3 Å². The number of phenolic OH excluding ortho intramolecular Hbond substituents is 1. The molecule has 4 heteroatoms. The molecular formula is C14H15N3O. The monoisotopic (exact) mass is 241 g/mol. The van der Waals surface area contributed by atoms with Gasteiger partial charge in [0.25, 0.3) is 0 Å². The van der Waals surface area contributed by atoms with Crippen LogP contribution in [0.3, 0.4) is 0 Å². The van der Waals surface area contributed by atoms with Gasteiger partial charge in [0.15, 0.2) is 5.82 Å². The minimum Gasteiger partial charge on any atom is -0.508 e. The first-order valence-electron chi connectivity index (χ1n) is 6.16. The van der Waals surface area contributed by atoms with Crippen molar-refractivity contribution in [3.63, 3.8) is 0 Å². The van der Waals surface area contributed by atoms with E-state index in [2.05, 4.69) is 15.3 Å². The maximum absolute atomic E-state index is 9.26. The highest BCUT2D eigenvalue weighted by atomic mass is 16.3. The molecule has 4 nitrogen and oxygen atoms in total. The van der Waals surface area contributed by atoms with Crippen molar-refractivity contribution in [2.24, 2.45) is 0 Å². The number of hydrogen-bond donors (Lipinski definition) is 2. The third-order valence-corrected chi connectivity index (χ3v) is 2.99. The van der Waals surface area contributed by atoms with Crippen molar-refractivity contribution in [3.8, 4) is 17.1 Å². The van der Waals surface area contributed by atoms with Crippen molar-refractivity contribution in [1.82, 2.24) is 15.3 Å². The van der Waals surface area contributed by atoms with Crippen molar-refractivity contribution in [1.29, 1.82) is 0 Å². The molecule has 0 bridgehead atoms. The normalized spacial score (nSPS) is 14.7. The van der Waals surface area contributed by atoms with Gasteiger partial charge in [-0.3, -0.25) is 0 Å². The standard InChI is InChI=1S/C14H15N3O/c18-13-5-1-10(2-6-13)14-15-8-7-12(17-14)9-16-11-3-4-11/h1-2,5-8,11,16,18H,3-4,9H2. The molecule has 2 aromatic rings. The summed E-state index contributed by atoms with van der Waals surface area (Å²) in [6.07, 6.45) is 4.32. The predicted molar refractivity (Wildman–Crippen MR) is 69.0 cm³/mol. The number of hydrogen-bond acceptors (Lipinski definition) is 4. The molecular weight excluding hydrogens is 226 g/mol. The molecule has 18 heavy (non-hydrogen) atoms. The zero-order valence-electron chi connectivity index (χ0n) is 10.0. The number of nitrogens with zero attached hydrogens (tertiary/aromatic N) is 2. The summed E-state index contributed by atoms with van der Waals surface area (Å²) in [4.78, 5) is 8.78. The lowest BCUT2D eigenvalue weighted by atomic mass is 10.2. The third-order valence-electron chi connectivity index (χ3n) is 2.99. The second-order valence-electron chi connectivity index (χ2n) is 4.57. The molecule has 1 saturated carbocycles. The van der Waals surface area contributed by atoms with Crippen LogP contribution in [0.2, 0.25) is 0 Å². The molecule has 0 aliphatic heterocycles. The quantitative estimate of drug-likeness (QED) is 0.860. The minimum absolute atomic E-state index is 0.255. The zero-order valence-corrected chi connectivity index (χ0v) is 10.0. The van der Waals surface area contributed by atoms with Crippen molar-refractivity contribution in [2.45, 2.75) is 25.4 Å². The summed E-state index contributed by atoms with van der Waals surface area (Å²) in [6, 6.07) is 9.55. The number of aromatic hydroxyl groups is 1. The average molecular weight is 241 g/mol. The molecule has 1 aromatic heterocycles. The minimum atomic E-state index is 0.255. The van der Waals surface area contributed by atoms with Crippen LogP contribution in [0, 0.1) is 0 Å². The van der Waals surface area contributed by atoms with Gasteiger partial charge in [-0.1, -0.05) is 0 Å². The highest BCUT2D eigenvalue weighted by Crippen LogP contribution is 2.20. The highest BCUT2D eigenvalue weighted by molar-refractivity contribution is 5.55. The van der Waals surface area contributed by atoms with E-state index in [4.69, 9.17) is 0 Å². The summed E-state index contributed by atoms with van der Waals surface area (Å²) in [6.45, 7) is 0.790. The fraction of sp³-hybridized carbons (Fsp3) is 0.286. The molecule has 1 aliphatic rings. The number of phenols is 1. The molecule has 1 aromatic carbocycles. The largest absolute Gasteiger partial charge is 0.508 e. The summed E-state index contributed by atoms with van der Waals surface area (Å²) in [7, 11) is 0. The van der Waals surface area contributed by atoms with Gasteiger partial charge in [0.05, 0.1) is 5.69 Å². The molecule has 0 radical (unpaired) electrons. The number of rotatable bonds is 4. The van der Waals surface area contributed by atoms with Crippen LogP contribution in [0.4, 0.5) is 0 Å². The van der Waals surface area contributed by atoms with E-state index in [0.717, 1.165) is 17.8 Å². The van der Waals surface area contributed by atoms with E-state index in [0.29, 0.717) is 11.9 Å². The van der Waals surface area contributed by atoms with E-state index in [-0.39, 0.29) is 5.75 Å². The lowest BCUT2D eigenvalue weighted by Crippen LogP contribution is -2.16. The molecule has 2 N–H and O–H groups in total. The van der Waals surface area contributed by atoms with Crippen molar-refractivity contribution < 1.29 is 5.11 Å².